The molecule has 15 heavy (non-hydrogen) atoms. The fourth-order valence-corrected chi connectivity index (χ4v) is 1.93. The van der Waals surface area contributed by atoms with Crippen LogP contribution in [0, 0.1) is 0 Å². The van der Waals surface area contributed by atoms with Gasteiger partial charge >= 0.3 is 0 Å². The summed E-state index contributed by atoms with van der Waals surface area (Å²) in [4.78, 5) is 0. The average molecular weight is 207 g/mol. The van der Waals surface area contributed by atoms with Gasteiger partial charge in [0.1, 0.15) is 17.6 Å². The van der Waals surface area contributed by atoms with Gasteiger partial charge in [-0.25, -0.2) is 0 Å². The molecule has 1 aromatic rings. The molecule has 0 aromatic heterocycles. The number of benzene rings is 1. The zero-order valence-corrected chi connectivity index (χ0v) is 8.98. The van der Waals surface area contributed by atoms with Crippen LogP contribution in [0.3, 0.4) is 0 Å². The fraction of sp³-hybridized carbons (Fsp3) is 0.500. The predicted molar refractivity (Wildman–Crippen MR) is 59.2 cm³/mol. The predicted octanol–water partition coefficient (Wildman–Crippen LogP) is 1.95. The first kappa shape index (κ1) is 10.3. The lowest BCUT2D eigenvalue weighted by Gasteiger charge is -2.17. The van der Waals surface area contributed by atoms with Crippen LogP contribution in [0.1, 0.15) is 19.3 Å². The van der Waals surface area contributed by atoms with Crippen LogP contribution in [0.25, 0.3) is 0 Å². The third kappa shape index (κ3) is 2.42. The molecule has 2 N–H and O–H groups in total. The van der Waals surface area contributed by atoms with Gasteiger partial charge in [0, 0.05) is 6.04 Å². The van der Waals surface area contributed by atoms with Crippen molar-refractivity contribution in [3.05, 3.63) is 24.3 Å². The van der Waals surface area contributed by atoms with E-state index in [-0.39, 0.29) is 12.1 Å². The molecule has 1 aliphatic rings. The Bertz CT molecular complexity index is 310. The second kappa shape index (κ2) is 4.53. The van der Waals surface area contributed by atoms with E-state index in [1.54, 1.807) is 7.11 Å². The van der Waals surface area contributed by atoms with Crippen LogP contribution in [0.15, 0.2) is 24.3 Å². The van der Waals surface area contributed by atoms with Crippen molar-refractivity contribution in [1.82, 2.24) is 0 Å². The van der Waals surface area contributed by atoms with Crippen molar-refractivity contribution in [2.24, 2.45) is 5.73 Å². The van der Waals surface area contributed by atoms with E-state index in [4.69, 9.17) is 15.2 Å². The summed E-state index contributed by atoms with van der Waals surface area (Å²) < 4.78 is 10.9. The van der Waals surface area contributed by atoms with Crippen LogP contribution in [-0.2, 0) is 0 Å². The van der Waals surface area contributed by atoms with Gasteiger partial charge in [-0.3, -0.25) is 0 Å². The maximum absolute atomic E-state index is 5.93. The van der Waals surface area contributed by atoms with Crippen molar-refractivity contribution in [2.75, 3.05) is 7.11 Å². The van der Waals surface area contributed by atoms with Gasteiger partial charge in [-0.05, 0) is 43.5 Å². The standard InChI is InChI=1S/C12H17NO2/c1-14-9-5-7-10(8-6-9)15-12-4-2-3-11(12)13/h5-8,11-12H,2-4,13H2,1H3/t11-,12+/m0/s1. The summed E-state index contributed by atoms with van der Waals surface area (Å²) in [7, 11) is 1.66. The zero-order valence-electron chi connectivity index (χ0n) is 8.98. The Labute approximate surface area is 90.2 Å². The highest BCUT2D eigenvalue weighted by Gasteiger charge is 2.25. The monoisotopic (exact) mass is 207 g/mol. The first-order chi connectivity index (χ1) is 7.29. The van der Waals surface area contributed by atoms with E-state index in [0.29, 0.717) is 0 Å². The number of rotatable bonds is 3. The topological polar surface area (TPSA) is 44.5 Å². The Kier molecular flexibility index (Phi) is 3.11. The maximum Gasteiger partial charge on any atom is 0.120 e. The van der Waals surface area contributed by atoms with E-state index < -0.39 is 0 Å². The molecule has 0 spiro atoms. The molecule has 2 rings (SSSR count). The summed E-state index contributed by atoms with van der Waals surface area (Å²) in [5.74, 6) is 1.72. The largest absolute Gasteiger partial charge is 0.497 e. The summed E-state index contributed by atoms with van der Waals surface area (Å²) in [6.45, 7) is 0. The highest BCUT2D eigenvalue weighted by atomic mass is 16.5. The lowest BCUT2D eigenvalue weighted by atomic mass is 10.2. The minimum atomic E-state index is 0.179. The van der Waals surface area contributed by atoms with Gasteiger partial charge < -0.3 is 15.2 Å². The van der Waals surface area contributed by atoms with Gasteiger partial charge in [-0.2, -0.15) is 0 Å². The van der Waals surface area contributed by atoms with E-state index in [1.807, 2.05) is 24.3 Å². The van der Waals surface area contributed by atoms with Crippen LogP contribution in [0.2, 0.25) is 0 Å². The number of nitrogens with two attached hydrogens (primary N) is 1. The zero-order chi connectivity index (χ0) is 10.7. The molecule has 1 aromatic carbocycles. The smallest absolute Gasteiger partial charge is 0.120 e. The Morgan fingerprint density at radius 1 is 1.13 bits per heavy atom. The van der Waals surface area contributed by atoms with Crippen molar-refractivity contribution in [3.8, 4) is 11.5 Å². The van der Waals surface area contributed by atoms with Crippen molar-refractivity contribution < 1.29 is 9.47 Å². The second-order valence-electron chi connectivity index (χ2n) is 3.93. The quantitative estimate of drug-likeness (QED) is 0.824. The van der Waals surface area contributed by atoms with E-state index in [2.05, 4.69) is 0 Å². The third-order valence-corrected chi connectivity index (χ3v) is 2.85. The van der Waals surface area contributed by atoms with E-state index in [0.717, 1.165) is 24.3 Å². The molecule has 0 heterocycles. The number of hydrogen-bond acceptors (Lipinski definition) is 3. The Morgan fingerprint density at radius 2 is 1.80 bits per heavy atom. The Hall–Kier alpha value is -1.22. The second-order valence-corrected chi connectivity index (χ2v) is 3.93. The first-order valence-electron chi connectivity index (χ1n) is 5.36. The molecule has 3 heteroatoms. The lowest BCUT2D eigenvalue weighted by molar-refractivity contribution is 0.191. The van der Waals surface area contributed by atoms with Crippen molar-refractivity contribution in [2.45, 2.75) is 31.4 Å². The summed E-state index contributed by atoms with van der Waals surface area (Å²) in [5.41, 5.74) is 5.93. The summed E-state index contributed by atoms with van der Waals surface area (Å²) in [6, 6.07) is 7.83. The van der Waals surface area contributed by atoms with Crippen molar-refractivity contribution in [3.63, 3.8) is 0 Å². The Balaban J connectivity index is 1.98. The molecule has 3 nitrogen and oxygen atoms in total. The van der Waals surface area contributed by atoms with Crippen LogP contribution in [-0.4, -0.2) is 19.3 Å². The average Bonchev–Trinajstić information content (AvgIpc) is 2.66. The van der Waals surface area contributed by atoms with Crippen molar-refractivity contribution in [1.29, 1.82) is 0 Å². The van der Waals surface area contributed by atoms with Crippen LogP contribution >= 0.6 is 0 Å². The van der Waals surface area contributed by atoms with E-state index in [1.165, 1.54) is 6.42 Å². The molecule has 0 unspecified atom stereocenters. The molecule has 82 valence electrons. The van der Waals surface area contributed by atoms with Gasteiger partial charge in [0.15, 0.2) is 0 Å². The molecular formula is C12H17NO2. The number of hydrogen-bond donors (Lipinski definition) is 1. The van der Waals surface area contributed by atoms with E-state index >= 15 is 0 Å². The van der Waals surface area contributed by atoms with Gasteiger partial charge in [-0.1, -0.05) is 0 Å². The van der Waals surface area contributed by atoms with Gasteiger partial charge in [-0.15, -0.1) is 0 Å². The van der Waals surface area contributed by atoms with Gasteiger partial charge in [0.25, 0.3) is 0 Å². The molecule has 1 fully saturated rings. The Morgan fingerprint density at radius 3 is 2.33 bits per heavy atom. The summed E-state index contributed by atoms with van der Waals surface area (Å²) >= 11 is 0. The van der Waals surface area contributed by atoms with Gasteiger partial charge in [0.05, 0.1) is 7.11 Å². The minimum absolute atomic E-state index is 0.179. The normalized spacial score (nSPS) is 25.2. The molecule has 0 radical (unpaired) electrons. The molecule has 0 aliphatic heterocycles. The third-order valence-electron chi connectivity index (χ3n) is 2.85. The molecular weight excluding hydrogens is 190 g/mol. The minimum Gasteiger partial charge on any atom is -0.497 e. The highest BCUT2D eigenvalue weighted by molar-refractivity contribution is 5.31. The molecule has 2 atom stereocenters. The maximum atomic E-state index is 5.93. The van der Waals surface area contributed by atoms with Gasteiger partial charge in [0.2, 0.25) is 0 Å². The number of ether oxygens (including phenoxy) is 2. The SMILES string of the molecule is COc1ccc(O[C@@H]2CCC[C@@H]2N)cc1. The number of methoxy groups -OCH3 is 1. The molecule has 0 amide bonds. The molecule has 1 aliphatic carbocycles. The van der Waals surface area contributed by atoms with Crippen LogP contribution in [0.4, 0.5) is 0 Å². The molecule has 0 saturated heterocycles. The highest BCUT2D eigenvalue weighted by Crippen LogP contribution is 2.24. The molecule has 0 bridgehead atoms. The van der Waals surface area contributed by atoms with Crippen LogP contribution < -0.4 is 15.2 Å². The van der Waals surface area contributed by atoms with E-state index in [9.17, 15) is 0 Å². The first-order valence-corrected chi connectivity index (χ1v) is 5.36. The summed E-state index contributed by atoms with van der Waals surface area (Å²) in [6.07, 6.45) is 3.48. The lowest BCUT2D eigenvalue weighted by Crippen LogP contribution is -2.33. The van der Waals surface area contributed by atoms with Crippen LogP contribution in [0.5, 0.6) is 11.5 Å². The molecule has 1 saturated carbocycles. The fourth-order valence-electron chi connectivity index (χ4n) is 1.93. The summed E-state index contributed by atoms with van der Waals surface area (Å²) in [5, 5.41) is 0. The van der Waals surface area contributed by atoms with Crippen molar-refractivity contribution >= 4 is 0 Å².